The molecule has 1 aliphatic rings. The number of amides is 2. The number of rotatable bonds is 3. The fraction of sp³-hybridized carbons (Fsp3) is 0.467. The smallest absolute Gasteiger partial charge is 0.319 e. The Kier molecular flexibility index (Phi) is 4.61. The fourth-order valence-electron chi connectivity index (χ4n) is 2.47. The van der Waals surface area contributed by atoms with Crippen molar-refractivity contribution in [2.24, 2.45) is 5.92 Å². The zero-order valence-electron chi connectivity index (χ0n) is 11.6. The maximum absolute atomic E-state index is 11.8. The second-order valence-electron chi connectivity index (χ2n) is 5.35. The van der Waals surface area contributed by atoms with Gasteiger partial charge in [0, 0.05) is 11.7 Å². The first kappa shape index (κ1) is 14.4. The summed E-state index contributed by atoms with van der Waals surface area (Å²) < 4.78 is 0. The van der Waals surface area contributed by atoms with Crippen LogP contribution in [0.2, 0.25) is 0 Å². The quantitative estimate of drug-likeness (QED) is 0.794. The number of aliphatic carboxylic acids is 1. The number of carbonyl (C=O) groups is 2. The van der Waals surface area contributed by atoms with Crippen LogP contribution >= 0.6 is 0 Å². The van der Waals surface area contributed by atoms with Crippen molar-refractivity contribution in [1.29, 1.82) is 0 Å². The van der Waals surface area contributed by atoms with Gasteiger partial charge in [-0.05, 0) is 44.7 Å². The molecule has 2 rings (SSSR count). The zero-order valence-corrected chi connectivity index (χ0v) is 11.6. The molecule has 20 heavy (non-hydrogen) atoms. The Hall–Kier alpha value is -2.04. The zero-order chi connectivity index (χ0) is 14.5. The van der Waals surface area contributed by atoms with Crippen molar-refractivity contribution in [2.75, 3.05) is 5.32 Å². The van der Waals surface area contributed by atoms with Crippen molar-refractivity contribution in [3.8, 4) is 0 Å². The molecule has 1 saturated carbocycles. The molecule has 1 aliphatic carbocycles. The van der Waals surface area contributed by atoms with Crippen LogP contribution in [-0.4, -0.2) is 23.1 Å². The normalized spacial score (nSPS) is 22.1. The van der Waals surface area contributed by atoms with E-state index in [4.69, 9.17) is 5.11 Å². The first-order chi connectivity index (χ1) is 9.54. The van der Waals surface area contributed by atoms with E-state index in [0.717, 1.165) is 24.1 Å². The van der Waals surface area contributed by atoms with Gasteiger partial charge < -0.3 is 15.7 Å². The summed E-state index contributed by atoms with van der Waals surface area (Å²) in [5, 5.41) is 14.6. The number of carboxylic acid groups (broad SMARTS) is 1. The lowest BCUT2D eigenvalue weighted by atomic mass is 9.86. The molecular weight excluding hydrogens is 256 g/mol. The van der Waals surface area contributed by atoms with Crippen LogP contribution in [-0.2, 0) is 4.79 Å². The third kappa shape index (κ3) is 3.98. The summed E-state index contributed by atoms with van der Waals surface area (Å²) in [7, 11) is 0. The Morgan fingerprint density at radius 2 is 1.70 bits per heavy atom. The largest absolute Gasteiger partial charge is 0.481 e. The molecule has 0 saturated heterocycles. The van der Waals surface area contributed by atoms with Crippen molar-refractivity contribution in [1.82, 2.24) is 5.32 Å². The standard InChI is InChI=1S/C15H20N2O3/c1-10-2-6-12(7-3-10)16-15(20)17-13-8-4-11(5-9-13)14(18)19/h2-3,6-7,11,13H,4-5,8-9H2,1H3,(H,18,19)(H2,16,17,20). The average molecular weight is 276 g/mol. The second kappa shape index (κ2) is 6.41. The number of benzene rings is 1. The van der Waals surface area contributed by atoms with Gasteiger partial charge in [0.25, 0.3) is 0 Å². The van der Waals surface area contributed by atoms with E-state index in [1.54, 1.807) is 0 Å². The third-order valence-electron chi connectivity index (χ3n) is 3.72. The van der Waals surface area contributed by atoms with Crippen LogP contribution in [0.3, 0.4) is 0 Å². The predicted molar refractivity (Wildman–Crippen MR) is 76.7 cm³/mol. The van der Waals surface area contributed by atoms with E-state index in [2.05, 4.69) is 10.6 Å². The van der Waals surface area contributed by atoms with Crippen LogP contribution in [0.4, 0.5) is 10.5 Å². The summed E-state index contributed by atoms with van der Waals surface area (Å²) in [4.78, 5) is 22.7. The molecule has 0 aliphatic heterocycles. The molecule has 0 heterocycles. The Morgan fingerprint density at radius 3 is 2.25 bits per heavy atom. The number of hydrogen-bond donors (Lipinski definition) is 3. The van der Waals surface area contributed by atoms with E-state index in [1.807, 2.05) is 31.2 Å². The van der Waals surface area contributed by atoms with E-state index >= 15 is 0 Å². The van der Waals surface area contributed by atoms with Crippen LogP contribution in [0.25, 0.3) is 0 Å². The predicted octanol–water partition coefficient (Wildman–Crippen LogP) is 2.76. The van der Waals surface area contributed by atoms with Crippen LogP contribution < -0.4 is 10.6 Å². The summed E-state index contributed by atoms with van der Waals surface area (Å²) in [5.74, 6) is -0.985. The SMILES string of the molecule is Cc1ccc(NC(=O)NC2CCC(C(=O)O)CC2)cc1. The Balaban J connectivity index is 1.78. The van der Waals surface area contributed by atoms with Crippen molar-refractivity contribution < 1.29 is 14.7 Å². The van der Waals surface area contributed by atoms with Gasteiger partial charge in [-0.1, -0.05) is 17.7 Å². The number of hydrogen-bond acceptors (Lipinski definition) is 2. The number of aryl methyl sites for hydroxylation is 1. The second-order valence-corrected chi connectivity index (χ2v) is 5.35. The molecule has 0 radical (unpaired) electrons. The molecule has 0 atom stereocenters. The van der Waals surface area contributed by atoms with E-state index in [1.165, 1.54) is 0 Å². The number of carboxylic acids is 1. The van der Waals surface area contributed by atoms with E-state index < -0.39 is 5.97 Å². The van der Waals surface area contributed by atoms with Crippen molar-refractivity contribution in [2.45, 2.75) is 38.6 Å². The van der Waals surface area contributed by atoms with Crippen LogP contribution in [0.5, 0.6) is 0 Å². The van der Waals surface area contributed by atoms with Gasteiger partial charge in [-0.25, -0.2) is 4.79 Å². The molecule has 5 nitrogen and oxygen atoms in total. The Morgan fingerprint density at radius 1 is 1.10 bits per heavy atom. The molecule has 0 spiro atoms. The first-order valence-electron chi connectivity index (χ1n) is 6.91. The highest BCUT2D eigenvalue weighted by Gasteiger charge is 2.26. The lowest BCUT2D eigenvalue weighted by Gasteiger charge is -2.26. The monoisotopic (exact) mass is 276 g/mol. The summed E-state index contributed by atoms with van der Waals surface area (Å²) in [6, 6.07) is 7.43. The molecule has 5 heteroatoms. The Labute approximate surface area is 118 Å². The minimum Gasteiger partial charge on any atom is -0.481 e. The molecule has 1 fully saturated rings. The highest BCUT2D eigenvalue weighted by atomic mass is 16.4. The molecule has 1 aromatic rings. The summed E-state index contributed by atoms with van der Waals surface area (Å²) in [6.45, 7) is 1.99. The van der Waals surface area contributed by atoms with Gasteiger partial charge in [0.1, 0.15) is 0 Å². The highest BCUT2D eigenvalue weighted by Crippen LogP contribution is 2.24. The van der Waals surface area contributed by atoms with Gasteiger partial charge in [-0.15, -0.1) is 0 Å². The minimum absolute atomic E-state index is 0.0658. The molecule has 108 valence electrons. The Bertz CT molecular complexity index is 476. The highest BCUT2D eigenvalue weighted by molar-refractivity contribution is 5.89. The first-order valence-corrected chi connectivity index (χ1v) is 6.91. The number of urea groups is 1. The summed E-state index contributed by atoms with van der Waals surface area (Å²) in [5.41, 5.74) is 1.90. The molecule has 3 N–H and O–H groups in total. The maximum Gasteiger partial charge on any atom is 0.319 e. The van der Waals surface area contributed by atoms with Gasteiger partial charge in [-0.2, -0.15) is 0 Å². The minimum atomic E-state index is -0.729. The van der Waals surface area contributed by atoms with Gasteiger partial charge in [0.05, 0.1) is 5.92 Å². The molecule has 0 aromatic heterocycles. The van der Waals surface area contributed by atoms with Crippen LogP contribution in [0.15, 0.2) is 24.3 Å². The van der Waals surface area contributed by atoms with Gasteiger partial charge >= 0.3 is 12.0 Å². The summed E-state index contributed by atoms with van der Waals surface area (Å²) in [6.07, 6.45) is 2.70. The van der Waals surface area contributed by atoms with E-state index in [-0.39, 0.29) is 18.0 Å². The van der Waals surface area contributed by atoms with Crippen LogP contribution in [0.1, 0.15) is 31.2 Å². The van der Waals surface area contributed by atoms with Crippen molar-refractivity contribution in [3.63, 3.8) is 0 Å². The number of anilines is 1. The lowest BCUT2D eigenvalue weighted by Crippen LogP contribution is -2.40. The molecular formula is C15H20N2O3. The molecule has 0 unspecified atom stereocenters. The number of carbonyl (C=O) groups excluding carboxylic acids is 1. The van der Waals surface area contributed by atoms with E-state index in [9.17, 15) is 9.59 Å². The molecule has 2 amide bonds. The third-order valence-corrected chi connectivity index (χ3v) is 3.72. The molecule has 0 bridgehead atoms. The molecule has 1 aromatic carbocycles. The van der Waals surface area contributed by atoms with Gasteiger partial charge in [0.15, 0.2) is 0 Å². The maximum atomic E-state index is 11.8. The van der Waals surface area contributed by atoms with Gasteiger partial charge in [-0.3, -0.25) is 4.79 Å². The van der Waals surface area contributed by atoms with Gasteiger partial charge in [0.2, 0.25) is 0 Å². The summed E-state index contributed by atoms with van der Waals surface area (Å²) >= 11 is 0. The average Bonchev–Trinajstić information content (AvgIpc) is 2.42. The van der Waals surface area contributed by atoms with Crippen LogP contribution in [0, 0.1) is 12.8 Å². The lowest BCUT2D eigenvalue weighted by molar-refractivity contribution is -0.142. The number of nitrogens with one attached hydrogen (secondary N) is 2. The van der Waals surface area contributed by atoms with Crippen molar-refractivity contribution in [3.05, 3.63) is 29.8 Å². The topological polar surface area (TPSA) is 78.4 Å². The van der Waals surface area contributed by atoms with Crippen molar-refractivity contribution >= 4 is 17.7 Å². The van der Waals surface area contributed by atoms with E-state index in [0.29, 0.717) is 12.8 Å². The fourth-order valence-corrected chi connectivity index (χ4v) is 2.47.